The van der Waals surface area contributed by atoms with Gasteiger partial charge in [-0.2, -0.15) is 0 Å². The van der Waals surface area contributed by atoms with Crippen LogP contribution < -0.4 is 0 Å². The minimum atomic E-state index is -4.76. The largest absolute Gasteiger partial charge is 0.683 e. The van der Waals surface area contributed by atoms with Crippen LogP contribution in [0.25, 0.3) is 0 Å². The van der Waals surface area contributed by atoms with Gasteiger partial charge in [0, 0.05) is 4.79 Å². The van der Waals surface area contributed by atoms with Gasteiger partial charge in [-0.1, -0.05) is 0 Å². The number of alkyl halides is 3. The van der Waals surface area contributed by atoms with E-state index in [2.05, 4.69) is 0 Å². The van der Waals surface area contributed by atoms with Crippen molar-refractivity contribution in [3.8, 4) is 0 Å². The normalized spacial score (nSPS) is 10.5. The van der Waals surface area contributed by atoms with Crippen molar-refractivity contribution in [2.45, 2.75) is 6.18 Å². The summed E-state index contributed by atoms with van der Waals surface area (Å²) in [6, 6.07) is 0. The third-order valence-corrected chi connectivity index (χ3v) is 0.116. The van der Waals surface area contributed by atoms with Gasteiger partial charge in [0.2, 0.25) is 0 Å². The molecule has 0 unspecified atom stereocenters. The molecule has 0 aromatic heterocycles. The first-order valence-electron chi connectivity index (χ1n) is 1.02. The van der Waals surface area contributed by atoms with Crippen LogP contribution >= 0.6 is 0 Å². The lowest BCUT2D eigenvalue weighted by Gasteiger charge is -1.70. The van der Waals surface area contributed by atoms with Gasteiger partial charge in [0.15, 0.2) is 0 Å². The lowest BCUT2D eigenvalue weighted by atomic mass is 10.8. The molecule has 1 nitrogen and oxygen atoms in total. The molecule has 6 heavy (non-hydrogen) atoms. The summed E-state index contributed by atoms with van der Waals surface area (Å²) in [5.74, 6) is 0. The molecular formula is C2F3O+. The van der Waals surface area contributed by atoms with Crippen molar-refractivity contribution in [1.82, 2.24) is 0 Å². The predicted molar refractivity (Wildman–Crippen MR) is 11.7 cm³/mol. The van der Waals surface area contributed by atoms with Gasteiger partial charge in [-0.3, -0.25) is 0 Å². The van der Waals surface area contributed by atoms with Crippen LogP contribution in [0.15, 0.2) is 0 Å². The van der Waals surface area contributed by atoms with Crippen molar-refractivity contribution < 1.29 is 18.0 Å². The molecule has 0 aromatic carbocycles. The number of hydrogen-bond donors (Lipinski definition) is 0. The Balaban J connectivity index is 3.45. The van der Waals surface area contributed by atoms with Crippen LogP contribution in [0.1, 0.15) is 0 Å². The highest BCUT2D eigenvalue weighted by Gasteiger charge is 2.46. The summed E-state index contributed by atoms with van der Waals surface area (Å²) in [6.07, 6.45) is -4.91. The fourth-order valence-corrected chi connectivity index (χ4v) is 0. The molecule has 0 aliphatic heterocycles. The zero-order valence-corrected chi connectivity index (χ0v) is 2.54. The molecule has 0 radical (unpaired) electrons. The average Bonchev–Trinajstić information content (AvgIpc) is 1.35. The standard InChI is InChI=1S/C2F3O/c3-2(4,5)1-6/q+1. The summed E-state index contributed by atoms with van der Waals surface area (Å²) >= 11 is 0. The third-order valence-electron chi connectivity index (χ3n) is 0.116. The molecule has 4 heteroatoms. The van der Waals surface area contributed by atoms with Crippen LogP contribution in [0.3, 0.4) is 0 Å². The van der Waals surface area contributed by atoms with Crippen molar-refractivity contribution in [2.75, 3.05) is 0 Å². The first-order chi connectivity index (χ1) is 2.56. The molecule has 0 aromatic rings. The second-order valence-electron chi connectivity index (χ2n) is 0.600. The lowest BCUT2D eigenvalue weighted by molar-refractivity contribution is -0.0600. The van der Waals surface area contributed by atoms with Crippen LogP contribution in [0.5, 0.6) is 0 Å². The molecule has 0 saturated heterocycles. The molecule has 0 atom stereocenters. The van der Waals surface area contributed by atoms with Crippen LogP contribution in [-0.2, 0) is 4.79 Å². The minimum Gasteiger partial charge on any atom is -0.115 e. The highest BCUT2D eigenvalue weighted by molar-refractivity contribution is 5.57. The van der Waals surface area contributed by atoms with Gasteiger partial charge in [-0.15, -0.1) is 13.2 Å². The van der Waals surface area contributed by atoms with E-state index in [0.717, 1.165) is 0 Å². The highest BCUT2D eigenvalue weighted by atomic mass is 19.4. The van der Waals surface area contributed by atoms with E-state index in [4.69, 9.17) is 4.79 Å². The van der Waals surface area contributed by atoms with Gasteiger partial charge in [-0.25, -0.2) is 0 Å². The molecule has 0 rings (SSSR count). The number of carbonyl (C=O) groups excluding carboxylic acids is 1. The summed E-state index contributed by atoms with van der Waals surface area (Å²) in [5, 5.41) is 0. The molecule has 0 spiro atoms. The molecule has 0 N–H and O–H groups in total. The third kappa shape index (κ3) is 3.37. The Hall–Kier alpha value is -0.630. The van der Waals surface area contributed by atoms with E-state index < -0.39 is 6.18 Å². The molecular weight excluding hydrogens is 97.0 g/mol. The molecule has 0 amide bonds. The van der Waals surface area contributed by atoms with Crippen molar-refractivity contribution >= 4 is 6.29 Å². The Morgan fingerprint density at radius 3 is 1.50 bits per heavy atom. The highest BCUT2D eigenvalue weighted by Crippen LogP contribution is 2.08. The molecule has 0 aliphatic rings. The van der Waals surface area contributed by atoms with Gasteiger partial charge in [0.05, 0.1) is 0 Å². The zero-order chi connectivity index (χ0) is 5.21. The maximum atomic E-state index is 10.4. The molecule has 0 fully saturated rings. The van der Waals surface area contributed by atoms with E-state index in [9.17, 15) is 13.2 Å². The van der Waals surface area contributed by atoms with Gasteiger partial charge in [0.1, 0.15) is 0 Å². The monoisotopic (exact) mass is 97.0 g/mol. The number of halogens is 3. The van der Waals surface area contributed by atoms with Gasteiger partial charge >= 0.3 is 12.5 Å². The topological polar surface area (TPSA) is 17.1 Å². The maximum Gasteiger partial charge on any atom is 0.683 e. The predicted octanol–water partition coefficient (Wildman–Crippen LogP) is 0.658. The van der Waals surface area contributed by atoms with Crippen molar-refractivity contribution in [3.05, 3.63) is 0 Å². The van der Waals surface area contributed by atoms with Gasteiger partial charge < -0.3 is 0 Å². The number of hydrogen-bond acceptors (Lipinski definition) is 1. The van der Waals surface area contributed by atoms with Gasteiger partial charge in [-0.05, 0) is 0 Å². The molecule has 0 saturated carbocycles. The quantitative estimate of drug-likeness (QED) is 0.406. The maximum absolute atomic E-state index is 10.4. The summed E-state index contributed by atoms with van der Waals surface area (Å²) < 4.78 is 31.1. The Morgan fingerprint density at radius 1 is 1.33 bits per heavy atom. The van der Waals surface area contributed by atoms with Crippen LogP contribution in [0, 0.1) is 0 Å². The Bertz CT molecular complexity index is 54.3. The summed E-state index contributed by atoms with van der Waals surface area (Å²) in [5.41, 5.74) is 0. The molecule has 34 valence electrons. The molecule has 0 aliphatic carbocycles. The lowest BCUT2D eigenvalue weighted by Crippen LogP contribution is -2.06. The summed E-state index contributed by atoms with van der Waals surface area (Å²) in [7, 11) is 0. The fraction of sp³-hybridized carbons (Fsp3) is 0.500. The first kappa shape index (κ1) is 5.37. The number of rotatable bonds is 0. The van der Waals surface area contributed by atoms with Crippen molar-refractivity contribution in [3.63, 3.8) is 0 Å². The SMILES string of the molecule is O=[C+]C(F)(F)F. The first-order valence-corrected chi connectivity index (χ1v) is 1.02. The van der Waals surface area contributed by atoms with E-state index >= 15 is 0 Å². The smallest absolute Gasteiger partial charge is 0.115 e. The van der Waals surface area contributed by atoms with Crippen molar-refractivity contribution in [2.24, 2.45) is 0 Å². The Morgan fingerprint density at radius 2 is 1.50 bits per heavy atom. The van der Waals surface area contributed by atoms with E-state index in [-0.39, 0.29) is 6.29 Å². The Kier molecular flexibility index (Phi) is 1.09. The molecule has 0 heterocycles. The second kappa shape index (κ2) is 1.22. The van der Waals surface area contributed by atoms with Crippen molar-refractivity contribution in [1.29, 1.82) is 0 Å². The van der Waals surface area contributed by atoms with E-state index in [1.54, 1.807) is 0 Å². The van der Waals surface area contributed by atoms with Crippen LogP contribution in [0.4, 0.5) is 13.2 Å². The molecule has 0 bridgehead atoms. The average molecular weight is 97.0 g/mol. The summed E-state index contributed by atoms with van der Waals surface area (Å²) in [6.45, 7) is 0. The van der Waals surface area contributed by atoms with E-state index in [1.165, 1.54) is 0 Å². The van der Waals surface area contributed by atoms with E-state index in [0.29, 0.717) is 0 Å². The Labute approximate surface area is 31.8 Å². The van der Waals surface area contributed by atoms with Crippen LogP contribution in [-0.4, -0.2) is 12.5 Å². The van der Waals surface area contributed by atoms with Crippen LogP contribution in [0.2, 0.25) is 0 Å². The minimum absolute atomic E-state index is 0.146. The van der Waals surface area contributed by atoms with Gasteiger partial charge in [0.25, 0.3) is 0 Å². The second-order valence-corrected chi connectivity index (χ2v) is 0.600. The summed E-state index contributed by atoms with van der Waals surface area (Å²) in [4.78, 5) is 8.58. The van der Waals surface area contributed by atoms with E-state index in [1.807, 2.05) is 0 Å². The fourth-order valence-electron chi connectivity index (χ4n) is 0. The zero-order valence-electron chi connectivity index (χ0n) is 2.54.